The first-order valence-electron chi connectivity index (χ1n) is 8.33. The topological polar surface area (TPSA) is 29.5 Å². The molecule has 0 spiro atoms. The molecule has 0 saturated carbocycles. The van der Waals surface area contributed by atoms with Crippen LogP contribution in [-0.4, -0.2) is 43.0 Å². The molecule has 2 heterocycles. The van der Waals surface area contributed by atoms with E-state index in [-0.39, 0.29) is 17.6 Å². The molecule has 0 amide bonds. The Bertz CT molecular complexity index is 572. The van der Waals surface area contributed by atoms with Crippen LogP contribution in [-0.2, 0) is 9.53 Å². The number of Topliss-reactive ketones (excluding diaryl/α,β-unsaturated/α-hetero) is 1. The van der Waals surface area contributed by atoms with Crippen molar-refractivity contribution in [3.63, 3.8) is 0 Å². The first kappa shape index (κ1) is 16.5. The molecule has 5 heteroatoms. The van der Waals surface area contributed by atoms with Gasteiger partial charge in [-0.05, 0) is 50.3 Å². The highest BCUT2D eigenvalue weighted by Crippen LogP contribution is 2.36. The fraction of sp³-hybridized carbons (Fsp3) is 0.611. The lowest BCUT2D eigenvalue weighted by molar-refractivity contribution is -0.123. The summed E-state index contributed by atoms with van der Waals surface area (Å²) >= 11 is 0. The molecule has 2 aliphatic heterocycles. The number of halogens is 2. The molecule has 2 saturated heterocycles. The third-order valence-electron chi connectivity index (χ3n) is 5.24. The Morgan fingerprint density at radius 1 is 1.22 bits per heavy atom. The van der Waals surface area contributed by atoms with Gasteiger partial charge in [-0.25, -0.2) is 8.78 Å². The van der Waals surface area contributed by atoms with Crippen LogP contribution in [0.5, 0.6) is 0 Å². The number of likely N-dealkylation sites (tertiary alicyclic amines) is 1. The van der Waals surface area contributed by atoms with Crippen molar-refractivity contribution < 1.29 is 18.3 Å². The molecular formula is C18H23F2NO2. The lowest BCUT2D eigenvalue weighted by Crippen LogP contribution is -2.49. The average molecular weight is 323 g/mol. The fourth-order valence-electron chi connectivity index (χ4n) is 3.95. The molecule has 0 aromatic heterocycles. The number of nitrogens with zero attached hydrogens (tertiary/aromatic N) is 1. The van der Waals surface area contributed by atoms with Gasteiger partial charge in [-0.15, -0.1) is 0 Å². The smallest absolute Gasteiger partial charge is 0.134 e. The first-order chi connectivity index (χ1) is 11.1. The van der Waals surface area contributed by atoms with Gasteiger partial charge in [-0.2, -0.15) is 0 Å². The molecule has 126 valence electrons. The molecule has 3 rings (SSSR count). The maximum absolute atomic E-state index is 14.1. The molecule has 2 fully saturated rings. The van der Waals surface area contributed by atoms with Crippen molar-refractivity contribution in [2.24, 2.45) is 5.92 Å². The second-order valence-corrected chi connectivity index (χ2v) is 6.62. The van der Waals surface area contributed by atoms with Crippen LogP contribution in [0.1, 0.15) is 37.7 Å². The summed E-state index contributed by atoms with van der Waals surface area (Å²) in [6, 6.07) is 4.14. The SMILES string of the molecule is CC(=O)C1CN(C2CCOCC2)CC[C@H]1c1ccc(F)cc1F. The zero-order chi connectivity index (χ0) is 16.4. The van der Waals surface area contributed by atoms with Crippen LogP contribution in [0.15, 0.2) is 18.2 Å². The molecule has 1 unspecified atom stereocenters. The summed E-state index contributed by atoms with van der Waals surface area (Å²) in [6.07, 6.45) is 2.70. The number of piperidine rings is 1. The van der Waals surface area contributed by atoms with Crippen LogP contribution in [0.25, 0.3) is 0 Å². The second kappa shape index (κ2) is 7.05. The lowest BCUT2D eigenvalue weighted by Gasteiger charge is -2.42. The Labute approximate surface area is 135 Å². The molecule has 0 aliphatic carbocycles. The van der Waals surface area contributed by atoms with Crippen molar-refractivity contribution in [3.05, 3.63) is 35.4 Å². The van der Waals surface area contributed by atoms with E-state index in [0.717, 1.165) is 45.1 Å². The van der Waals surface area contributed by atoms with E-state index in [2.05, 4.69) is 4.90 Å². The lowest BCUT2D eigenvalue weighted by atomic mass is 9.77. The number of carbonyl (C=O) groups excluding carboxylic acids is 1. The summed E-state index contributed by atoms with van der Waals surface area (Å²) in [4.78, 5) is 14.5. The first-order valence-corrected chi connectivity index (χ1v) is 8.33. The molecule has 2 atom stereocenters. The molecule has 0 bridgehead atoms. The van der Waals surface area contributed by atoms with Crippen molar-refractivity contribution in [1.29, 1.82) is 0 Å². The number of benzene rings is 1. The molecule has 2 aliphatic rings. The van der Waals surface area contributed by atoms with E-state index in [1.165, 1.54) is 12.1 Å². The second-order valence-electron chi connectivity index (χ2n) is 6.62. The summed E-state index contributed by atoms with van der Waals surface area (Å²) in [7, 11) is 0. The monoisotopic (exact) mass is 323 g/mol. The van der Waals surface area contributed by atoms with E-state index in [1.54, 1.807) is 6.92 Å². The van der Waals surface area contributed by atoms with Gasteiger partial charge in [0.2, 0.25) is 0 Å². The molecule has 0 N–H and O–H groups in total. The minimum atomic E-state index is -0.578. The van der Waals surface area contributed by atoms with E-state index >= 15 is 0 Å². The predicted octanol–water partition coefficient (Wildman–Crippen LogP) is 3.14. The van der Waals surface area contributed by atoms with Gasteiger partial charge < -0.3 is 4.74 Å². The van der Waals surface area contributed by atoms with Gasteiger partial charge in [0.05, 0.1) is 0 Å². The highest BCUT2D eigenvalue weighted by molar-refractivity contribution is 5.79. The number of hydrogen-bond donors (Lipinski definition) is 0. The van der Waals surface area contributed by atoms with Gasteiger partial charge in [0.1, 0.15) is 17.4 Å². The molecule has 1 aromatic carbocycles. The number of hydrogen-bond acceptors (Lipinski definition) is 3. The molecule has 1 aromatic rings. The van der Waals surface area contributed by atoms with Gasteiger partial charge >= 0.3 is 0 Å². The predicted molar refractivity (Wildman–Crippen MR) is 83.3 cm³/mol. The standard InChI is InChI=1S/C18H23F2NO2/c1-12(22)17-11-21(14-5-8-23-9-6-14)7-4-15(17)16-3-2-13(19)10-18(16)20/h2-3,10,14-15,17H,4-9,11H2,1H3/t15-,17?/m0/s1. The molecular weight excluding hydrogens is 300 g/mol. The Balaban J connectivity index is 1.78. The Hall–Kier alpha value is -1.33. The zero-order valence-corrected chi connectivity index (χ0v) is 13.4. The van der Waals surface area contributed by atoms with Gasteiger partial charge in [-0.1, -0.05) is 6.07 Å². The van der Waals surface area contributed by atoms with Crippen molar-refractivity contribution in [3.8, 4) is 0 Å². The summed E-state index contributed by atoms with van der Waals surface area (Å²) in [5.41, 5.74) is 0.471. The van der Waals surface area contributed by atoms with Crippen LogP contribution in [0, 0.1) is 17.6 Å². The third kappa shape index (κ3) is 3.61. The molecule has 0 radical (unpaired) electrons. The third-order valence-corrected chi connectivity index (χ3v) is 5.24. The number of ketones is 1. The summed E-state index contributed by atoms with van der Waals surface area (Å²) in [5, 5.41) is 0. The van der Waals surface area contributed by atoms with E-state index in [1.807, 2.05) is 0 Å². The van der Waals surface area contributed by atoms with Crippen molar-refractivity contribution >= 4 is 5.78 Å². The van der Waals surface area contributed by atoms with E-state index in [9.17, 15) is 13.6 Å². The van der Waals surface area contributed by atoms with Crippen molar-refractivity contribution in [2.75, 3.05) is 26.3 Å². The normalized spacial score (nSPS) is 27.1. The van der Waals surface area contributed by atoms with Gasteiger partial charge in [0, 0.05) is 37.8 Å². The van der Waals surface area contributed by atoms with Crippen LogP contribution in [0.4, 0.5) is 8.78 Å². The van der Waals surface area contributed by atoms with Crippen molar-refractivity contribution in [2.45, 2.75) is 38.1 Å². The minimum absolute atomic E-state index is 0.0792. The van der Waals surface area contributed by atoms with Gasteiger partial charge in [-0.3, -0.25) is 9.69 Å². The maximum Gasteiger partial charge on any atom is 0.134 e. The summed E-state index contributed by atoms with van der Waals surface area (Å²) in [5.74, 6) is -1.43. The largest absolute Gasteiger partial charge is 0.381 e. The number of carbonyl (C=O) groups is 1. The zero-order valence-electron chi connectivity index (χ0n) is 13.4. The summed E-state index contributed by atoms with van der Waals surface area (Å²) in [6.45, 7) is 4.60. The number of rotatable bonds is 3. The summed E-state index contributed by atoms with van der Waals surface area (Å²) < 4.78 is 32.7. The van der Waals surface area contributed by atoms with Crippen LogP contribution >= 0.6 is 0 Å². The highest BCUT2D eigenvalue weighted by atomic mass is 19.1. The number of ether oxygens (including phenoxy) is 1. The maximum atomic E-state index is 14.1. The quantitative estimate of drug-likeness (QED) is 0.856. The van der Waals surface area contributed by atoms with Crippen molar-refractivity contribution in [1.82, 2.24) is 4.90 Å². The van der Waals surface area contributed by atoms with Crippen LogP contribution in [0.3, 0.4) is 0 Å². The van der Waals surface area contributed by atoms with Crippen LogP contribution < -0.4 is 0 Å². The van der Waals surface area contributed by atoms with Gasteiger partial charge in [0.15, 0.2) is 0 Å². The Morgan fingerprint density at radius 3 is 2.61 bits per heavy atom. The fourth-order valence-corrected chi connectivity index (χ4v) is 3.95. The molecule has 3 nitrogen and oxygen atoms in total. The highest BCUT2D eigenvalue weighted by Gasteiger charge is 2.37. The van der Waals surface area contributed by atoms with E-state index in [0.29, 0.717) is 18.2 Å². The molecule has 23 heavy (non-hydrogen) atoms. The Morgan fingerprint density at radius 2 is 1.96 bits per heavy atom. The van der Waals surface area contributed by atoms with Crippen LogP contribution in [0.2, 0.25) is 0 Å². The van der Waals surface area contributed by atoms with Gasteiger partial charge in [0.25, 0.3) is 0 Å². The average Bonchev–Trinajstić information content (AvgIpc) is 2.55. The van der Waals surface area contributed by atoms with E-state index in [4.69, 9.17) is 4.74 Å². The Kier molecular flexibility index (Phi) is 5.07. The van der Waals surface area contributed by atoms with E-state index < -0.39 is 11.6 Å². The minimum Gasteiger partial charge on any atom is -0.381 e.